The molecule has 0 atom stereocenters. The van der Waals surface area contributed by atoms with Crippen LogP contribution in [0.25, 0.3) is 0 Å². The van der Waals surface area contributed by atoms with Crippen LogP contribution in [-0.2, 0) is 14.2 Å². The number of ether oxygens (including phenoxy) is 3. The van der Waals surface area contributed by atoms with E-state index in [1.165, 1.54) is 0 Å². The van der Waals surface area contributed by atoms with Crippen LogP contribution in [0.2, 0.25) is 0 Å². The lowest BCUT2D eigenvalue weighted by atomic mass is 9.96. The first kappa shape index (κ1) is 16.8. The Morgan fingerprint density at radius 1 is 0.765 bits per heavy atom. The number of hydrogen-bond acceptors (Lipinski definition) is 4. The van der Waals surface area contributed by atoms with E-state index >= 15 is 0 Å². The van der Waals surface area contributed by atoms with E-state index in [0.717, 1.165) is 0 Å². The lowest BCUT2D eigenvalue weighted by Gasteiger charge is -2.25. The molecule has 0 amide bonds. The van der Waals surface area contributed by atoms with Crippen molar-refractivity contribution in [2.45, 2.75) is 33.8 Å². The van der Waals surface area contributed by atoms with Crippen molar-refractivity contribution in [3.05, 3.63) is 0 Å². The SMILES string of the molecule is CC(C)C(OCCOCCOCCO)C(C)C. The first-order valence-corrected chi connectivity index (χ1v) is 6.47. The number of rotatable bonds is 11. The van der Waals surface area contributed by atoms with E-state index in [4.69, 9.17) is 19.3 Å². The molecule has 0 aromatic rings. The fourth-order valence-electron chi connectivity index (χ4n) is 1.78. The molecule has 0 aliphatic rings. The molecule has 4 heteroatoms. The van der Waals surface area contributed by atoms with E-state index < -0.39 is 0 Å². The van der Waals surface area contributed by atoms with Crippen molar-refractivity contribution in [1.82, 2.24) is 0 Å². The molecular formula is C13H28O4. The molecule has 104 valence electrons. The van der Waals surface area contributed by atoms with Gasteiger partial charge in [-0.2, -0.15) is 0 Å². The van der Waals surface area contributed by atoms with Crippen LogP contribution in [0.15, 0.2) is 0 Å². The van der Waals surface area contributed by atoms with Crippen LogP contribution in [0.5, 0.6) is 0 Å². The predicted octanol–water partition coefficient (Wildman–Crippen LogP) is 1.71. The Bertz CT molecular complexity index is 151. The smallest absolute Gasteiger partial charge is 0.0704 e. The van der Waals surface area contributed by atoms with Gasteiger partial charge in [-0.3, -0.25) is 0 Å². The Morgan fingerprint density at radius 2 is 1.24 bits per heavy atom. The molecule has 17 heavy (non-hydrogen) atoms. The molecule has 0 aliphatic heterocycles. The third-order valence-electron chi connectivity index (χ3n) is 2.46. The largest absolute Gasteiger partial charge is 0.394 e. The van der Waals surface area contributed by atoms with E-state index in [9.17, 15) is 0 Å². The third-order valence-corrected chi connectivity index (χ3v) is 2.46. The molecule has 0 saturated carbocycles. The van der Waals surface area contributed by atoms with Crippen molar-refractivity contribution < 1.29 is 19.3 Å². The second-order valence-corrected chi connectivity index (χ2v) is 4.77. The summed E-state index contributed by atoms with van der Waals surface area (Å²) in [5.41, 5.74) is 0. The highest BCUT2D eigenvalue weighted by Gasteiger charge is 2.17. The number of aliphatic hydroxyl groups is 1. The molecule has 0 radical (unpaired) electrons. The van der Waals surface area contributed by atoms with Crippen LogP contribution in [0.1, 0.15) is 27.7 Å². The zero-order chi connectivity index (χ0) is 13.1. The molecular weight excluding hydrogens is 220 g/mol. The van der Waals surface area contributed by atoms with Crippen LogP contribution in [0.4, 0.5) is 0 Å². The summed E-state index contributed by atoms with van der Waals surface area (Å²) < 4.78 is 16.2. The van der Waals surface area contributed by atoms with Gasteiger partial charge in [-0.1, -0.05) is 27.7 Å². The maximum Gasteiger partial charge on any atom is 0.0704 e. The minimum absolute atomic E-state index is 0.0631. The number of aliphatic hydroxyl groups excluding tert-OH is 1. The molecule has 0 rings (SSSR count). The van der Waals surface area contributed by atoms with E-state index in [2.05, 4.69) is 27.7 Å². The maximum absolute atomic E-state index is 8.49. The Hall–Kier alpha value is -0.160. The van der Waals surface area contributed by atoms with E-state index in [-0.39, 0.29) is 6.61 Å². The monoisotopic (exact) mass is 248 g/mol. The van der Waals surface area contributed by atoms with Crippen LogP contribution >= 0.6 is 0 Å². The Kier molecular flexibility index (Phi) is 10.9. The average molecular weight is 248 g/mol. The van der Waals surface area contributed by atoms with Gasteiger partial charge >= 0.3 is 0 Å². The molecule has 0 aromatic carbocycles. The van der Waals surface area contributed by atoms with Crippen molar-refractivity contribution in [3.63, 3.8) is 0 Å². The average Bonchev–Trinajstić information content (AvgIpc) is 2.26. The lowest BCUT2D eigenvalue weighted by Crippen LogP contribution is -2.27. The minimum atomic E-state index is 0.0631. The van der Waals surface area contributed by atoms with Gasteiger partial charge in [0.2, 0.25) is 0 Å². The molecule has 4 nitrogen and oxygen atoms in total. The first-order valence-electron chi connectivity index (χ1n) is 6.47. The summed E-state index contributed by atoms with van der Waals surface area (Å²) in [6, 6.07) is 0. The van der Waals surface area contributed by atoms with Crippen molar-refractivity contribution in [3.8, 4) is 0 Å². The molecule has 0 heterocycles. The van der Waals surface area contributed by atoms with E-state index in [1.54, 1.807) is 0 Å². The Balaban J connectivity index is 3.37. The molecule has 1 N–H and O–H groups in total. The number of hydrogen-bond donors (Lipinski definition) is 1. The van der Waals surface area contributed by atoms with Crippen LogP contribution in [0, 0.1) is 11.8 Å². The summed E-state index contributed by atoms with van der Waals surface area (Å²) >= 11 is 0. The summed E-state index contributed by atoms with van der Waals surface area (Å²) in [7, 11) is 0. The first-order chi connectivity index (χ1) is 8.09. The predicted molar refractivity (Wildman–Crippen MR) is 68.1 cm³/mol. The zero-order valence-corrected chi connectivity index (χ0v) is 11.6. The standard InChI is InChI=1S/C13H28O4/c1-11(2)13(12(3)4)17-10-9-16-8-7-15-6-5-14/h11-14H,5-10H2,1-4H3. The van der Waals surface area contributed by atoms with Crippen LogP contribution in [0.3, 0.4) is 0 Å². The summed E-state index contributed by atoms with van der Waals surface area (Å²) in [5.74, 6) is 1.06. The minimum Gasteiger partial charge on any atom is -0.394 e. The van der Waals surface area contributed by atoms with Gasteiger partial charge < -0.3 is 19.3 Å². The van der Waals surface area contributed by atoms with Crippen molar-refractivity contribution in [2.75, 3.05) is 39.6 Å². The summed E-state index contributed by atoms with van der Waals surface area (Å²) in [6.07, 6.45) is 0.296. The highest BCUT2D eigenvalue weighted by molar-refractivity contribution is 4.66. The van der Waals surface area contributed by atoms with Gasteiger partial charge in [-0.25, -0.2) is 0 Å². The molecule has 0 aromatic heterocycles. The van der Waals surface area contributed by atoms with E-state index in [0.29, 0.717) is 51.0 Å². The van der Waals surface area contributed by atoms with Gasteiger partial charge in [0, 0.05) is 0 Å². The van der Waals surface area contributed by atoms with Crippen LogP contribution in [-0.4, -0.2) is 50.9 Å². The topological polar surface area (TPSA) is 47.9 Å². The highest BCUT2D eigenvalue weighted by Crippen LogP contribution is 2.15. The highest BCUT2D eigenvalue weighted by atomic mass is 16.5. The molecule has 0 spiro atoms. The maximum atomic E-state index is 8.49. The molecule has 0 saturated heterocycles. The third kappa shape index (κ3) is 9.53. The van der Waals surface area contributed by atoms with Gasteiger partial charge in [0.25, 0.3) is 0 Å². The zero-order valence-electron chi connectivity index (χ0n) is 11.6. The second kappa shape index (κ2) is 11.0. The van der Waals surface area contributed by atoms with Crippen LogP contribution < -0.4 is 0 Å². The Morgan fingerprint density at radius 3 is 1.71 bits per heavy atom. The second-order valence-electron chi connectivity index (χ2n) is 4.77. The quantitative estimate of drug-likeness (QED) is 0.565. The van der Waals surface area contributed by atoms with Crippen molar-refractivity contribution >= 4 is 0 Å². The van der Waals surface area contributed by atoms with Gasteiger partial charge in [0.05, 0.1) is 45.7 Å². The Labute approximate surface area is 105 Å². The normalized spacial score (nSPS) is 12.0. The molecule has 0 fully saturated rings. The lowest BCUT2D eigenvalue weighted by molar-refractivity contribution is -0.0442. The van der Waals surface area contributed by atoms with Gasteiger partial charge in [0.15, 0.2) is 0 Å². The molecule has 0 unspecified atom stereocenters. The summed E-state index contributed by atoms with van der Waals surface area (Å²) in [5, 5.41) is 8.49. The fourth-order valence-corrected chi connectivity index (χ4v) is 1.78. The summed E-state index contributed by atoms with van der Waals surface area (Å²) in [6.45, 7) is 11.4. The van der Waals surface area contributed by atoms with Gasteiger partial charge in [-0.05, 0) is 11.8 Å². The summed E-state index contributed by atoms with van der Waals surface area (Å²) in [4.78, 5) is 0. The fraction of sp³-hybridized carbons (Fsp3) is 1.00. The van der Waals surface area contributed by atoms with E-state index in [1.807, 2.05) is 0 Å². The molecule has 0 bridgehead atoms. The van der Waals surface area contributed by atoms with Gasteiger partial charge in [-0.15, -0.1) is 0 Å². The van der Waals surface area contributed by atoms with Crippen molar-refractivity contribution in [1.29, 1.82) is 0 Å². The van der Waals surface area contributed by atoms with Gasteiger partial charge in [0.1, 0.15) is 0 Å². The van der Waals surface area contributed by atoms with Crippen molar-refractivity contribution in [2.24, 2.45) is 11.8 Å². The molecule has 0 aliphatic carbocycles.